The van der Waals surface area contributed by atoms with Gasteiger partial charge >= 0.3 is 6.61 Å². The molecule has 0 aliphatic carbocycles. The highest BCUT2D eigenvalue weighted by molar-refractivity contribution is 5.92. The van der Waals surface area contributed by atoms with Crippen molar-refractivity contribution in [1.82, 2.24) is 4.90 Å². The van der Waals surface area contributed by atoms with Crippen molar-refractivity contribution >= 4 is 12.0 Å². The number of carbonyl (C=O) groups excluding carboxylic acids is 1. The Labute approximate surface area is 145 Å². The fourth-order valence-corrected chi connectivity index (χ4v) is 2.22. The van der Waals surface area contributed by atoms with Crippen molar-refractivity contribution in [2.45, 2.75) is 13.2 Å². The van der Waals surface area contributed by atoms with Gasteiger partial charge in [-0.05, 0) is 29.8 Å². The van der Waals surface area contributed by atoms with Crippen molar-refractivity contribution in [3.8, 4) is 11.5 Å². The minimum Gasteiger partial charge on any atom is -0.496 e. The van der Waals surface area contributed by atoms with Crippen LogP contribution in [0.3, 0.4) is 0 Å². The van der Waals surface area contributed by atoms with E-state index >= 15 is 0 Å². The average molecular weight is 347 g/mol. The van der Waals surface area contributed by atoms with Gasteiger partial charge in [-0.2, -0.15) is 8.78 Å². The van der Waals surface area contributed by atoms with Crippen molar-refractivity contribution in [1.29, 1.82) is 0 Å². The summed E-state index contributed by atoms with van der Waals surface area (Å²) in [5, 5.41) is 0. The van der Waals surface area contributed by atoms with Gasteiger partial charge in [0.1, 0.15) is 11.5 Å². The number of halogens is 2. The second-order valence-electron chi connectivity index (χ2n) is 5.29. The van der Waals surface area contributed by atoms with Crippen LogP contribution in [0.5, 0.6) is 11.5 Å². The molecule has 0 bridgehead atoms. The Morgan fingerprint density at radius 1 is 1.16 bits per heavy atom. The predicted octanol–water partition coefficient (Wildman–Crippen LogP) is 3.97. The maximum absolute atomic E-state index is 12.2. The summed E-state index contributed by atoms with van der Waals surface area (Å²) in [6.45, 7) is -2.50. The topological polar surface area (TPSA) is 38.8 Å². The molecular formula is C19H19F2NO3. The van der Waals surface area contributed by atoms with Gasteiger partial charge in [0.15, 0.2) is 0 Å². The van der Waals surface area contributed by atoms with Crippen molar-refractivity contribution in [2.24, 2.45) is 0 Å². The summed E-state index contributed by atoms with van der Waals surface area (Å²) in [5.41, 5.74) is 1.61. The van der Waals surface area contributed by atoms with Crippen LogP contribution in [0, 0.1) is 0 Å². The average Bonchev–Trinajstić information content (AvgIpc) is 2.61. The third-order valence-electron chi connectivity index (χ3n) is 3.49. The molecule has 1 amide bonds. The first-order chi connectivity index (χ1) is 12.0. The maximum Gasteiger partial charge on any atom is 0.387 e. The molecule has 0 saturated heterocycles. The van der Waals surface area contributed by atoms with Gasteiger partial charge in [-0.3, -0.25) is 4.79 Å². The molecular weight excluding hydrogens is 328 g/mol. The zero-order valence-corrected chi connectivity index (χ0v) is 14.0. The Bertz CT molecular complexity index is 730. The zero-order chi connectivity index (χ0) is 18.2. The van der Waals surface area contributed by atoms with Crippen LogP contribution in [0.15, 0.2) is 54.6 Å². The van der Waals surface area contributed by atoms with E-state index in [0.29, 0.717) is 12.3 Å². The van der Waals surface area contributed by atoms with Gasteiger partial charge in [0.25, 0.3) is 0 Å². The monoisotopic (exact) mass is 347 g/mol. The number of likely N-dealkylation sites (N-methyl/N-ethyl adjacent to an activating group) is 1. The van der Waals surface area contributed by atoms with Crippen LogP contribution >= 0.6 is 0 Å². The number of methoxy groups -OCH3 is 1. The molecule has 0 aliphatic heterocycles. The Morgan fingerprint density at radius 3 is 2.48 bits per heavy atom. The molecule has 2 aromatic carbocycles. The van der Waals surface area contributed by atoms with E-state index in [1.165, 1.54) is 23.1 Å². The number of amides is 1. The normalized spacial score (nSPS) is 10.9. The van der Waals surface area contributed by atoms with Crippen LogP contribution in [-0.2, 0) is 11.3 Å². The van der Waals surface area contributed by atoms with Crippen molar-refractivity contribution in [3.63, 3.8) is 0 Å². The summed E-state index contributed by atoms with van der Waals surface area (Å²) < 4.78 is 33.8. The number of nitrogens with zero attached hydrogens (tertiary/aromatic N) is 1. The highest BCUT2D eigenvalue weighted by Gasteiger charge is 2.08. The Kier molecular flexibility index (Phi) is 6.51. The summed E-state index contributed by atoms with van der Waals surface area (Å²) in [6, 6.07) is 13.6. The number of ether oxygens (including phenoxy) is 2. The lowest BCUT2D eigenvalue weighted by molar-refractivity contribution is -0.125. The maximum atomic E-state index is 12.2. The number of hydrogen-bond donors (Lipinski definition) is 0. The number of benzene rings is 2. The second-order valence-corrected chi connectivity index (χ2v) is 5.29. The van der Waals surface area contributed by atoms with Crippen LogP contribution in [0.2, 0.25) is 0 Å². The Hall–Kier alpha value is -2.89. The number of hydrogen-bond acceptors (Lipinski definition) is 3. The van der Waals surface area contributed by atoms with E-state index < -0.39 is 6.61 Å². The molecule has 4 nitrogen and oxygen atoms in total. The van der Waals surface area contributed by atoms with Gasteiger partial charge in [0.05, 0.1) is 7.11 Å². The van der Waals surface area contributed by atoms with Gasteiger partial charge in [-0.25, -0.2) is 0 Å². The first-order valence-corrected chi connectivity index (χ1v) is 7.59. The molecule has 0 radical (unpaired) electrons. The van der Waals surface area contributed by atoms with E-state index in [0.717, 1.165) is 11.1 Å². The lowest BCUT2D eigenvalue weighted by Gasteiger charge is -2.15. The number of rotatable bonds is 7. The zero-order valence-electron chi connectivity index (χ0n) is 14.0. The van der Waals surface area contributed by atoms with E-state index in [1.807, 2.05) is 24.3 Å². The van der Waals surface area contributed by atoms with Gasteiger partial charge < -0.3 is 14.4 Å². The van der Waals surface area contributed by atoms with E-state index in [9.17, 15) is 13.6 Å². The summed E-state index contributed by atoms with van der Waals surface area (Å²) in [6.07, 6.45) is 3.16. The number of para-hydroxylation sites is 1. The summed E-state index contributed by atoms with van der Waals surface area (Å²) >= 11 is 0. The largest absolute Gasteiger partial charge is 0.496 e. The molecule has 6 heteroatoms. The molecule has 0 N–H and O–H groups in total. The highest BCUT2D eigenvalue weighted by Crippen LogP contribution is 2.19. The molecule has 0 saturated carbocycles. The van der Waals surface area contributed by atoms with Crippen molar-refractivity contribution in [3.05, 3.63) is 65.7 Å². The summed E-state index contributed by atoms with van der Waals surface area (Å²) in [4.78, 5) is 13.7. The van der Waals surface area contributed by atoms with Gasteiger partial charge in [0.2, 0.25) is 5.91 Å². The van der Waals surface area contributed by atoms with E-state index in [-0.39, 0.29) is 11.7 Å². The first-order valence-electron chi connectivity index (χ1n) is 7.59. The van der Waals surface area contributed by atoms with E-state index in [1.54, 1.807) is 32.4 Å². The molecule has 2 rings (SSSR count). The van der Waals surface area contributed by atoms with Crippen LogP contribution in [0.25, 0.3) is 6.08 Å². The Morgan fingerprint density at radius 2 is 1.84 bits per heavy atom. The summed E-state index contributed by atoms with van der Waals surface area (Å²) in [7, 11) is 3.24. The molecule has 132 valence electrons. The molecule has 0 heterocycles. The molecule has 0 spiro atoms. The molecule has 0 fully saturated rings. The third kappa shape index (κ3) is 5.60. The lowest BCUT2D eigenvalue weighted by atomic mass is 10.1. The smallest absolute Gasteiger partial charge is 0.387 e. The lowest BCUT2D eigenvalue weighted by Crippen LogP contribution is -2.24. The first kappa shape index (κ1) is 18.4. The third-order valence-corrected chi connectivity index (χ3v) is 3.49. The standard InChI is InChI=1S/C19H19F2NO3/c1-22(13-14-7-10-16(11-8-14)25-19(20)21)18(23)12-9-15-5-3-4-6-17(15)24-2/h3-12,19H,13H2,1-2H3/b12-9+. The van der Waals surface area contributed by atoms with Gasteiger partial charge in [0, 0.05) is 25.2 Å². The molecule has 2 aromatic rings. The number of alkyl halides is 2. The van der Waals surface area contributed by atoms with Gasteiger partial charge in [-0.1, -0.05) is 30.3 Å². The van der Waals surface area contributed by atoms with Crippen molar-refractivity contribution < 1.29 is 23.0 Å². The molecule has 0 unspecified atom stereocenters. The second kappa shape index (κ2) is 8.82. The van der Waals surface area contributed by atoms with E-state index in [2.05, 4.69) is 4.74 Å². The number of carbonyl (C=O) groups is 1. The Balaban J connectivity index is 1.97. The molecule has 0 aliphatic rings. The van der Waals surface area contributed by atoms with Crippen LogP contribution in [0.4, 0.5) is 8.78 Å². The SMILES string of the molecule is COc1ccccc1/C=C/C(=O)N(C)Cc1ccc(OC(F)F)cc1. The van der Waals surface area contributed by atoms with E-state index in [4.69, 9.17) is 4.74 Å². The molecule has 0 atom stereocenters. The highest BCUT2D eigenvalue weighted by atomic mass is 19.3. The summed E-state index contributed by atoms with van der Waals surface area (Å²) in [5.74, 6) is 0.589. The molecule has 25 heavy (non-hydrogen) atoms. The minimum atomic E-state index is -2.85. The van der Waals surface area contributed by atoms with Crippen LogP contribution in [-0.4, -0.2) is 31.6 Å². The fourth-order valence-electron chi connectivity index (χ4n) is 2.22. The van der Waals surface area contributed by atoms with Crippen LogP contribution in [0.1, 0.15) is 11.1 Å². The van der Waals surface area contributed by atoms with Crippen LogP contribution < -0.4 is 9.47 Å². The predicted molar refractivity (Wildman–Crippen MR) is 91.6 cm³/mol. The molecule has 0 aromatic heterocycles. The quantitative estimate of drug-likeness (QED) is 0.712. The minimum absolute atomic E-state index is 0.0869. The van der Waals surface area contributed by atoms with Crippen molar-refractivity contribution in [2.75, 3.05) is 14.2 Å². The fraction of sp³-hybridized carbons (Fsp3) is 0.211. The van der Waals surface area contributed by atoms with Gasteiger partial charge in [-0.15, -0.1) is 0 Å².